The Labute approximate surface area is 166 Å². The minimum Gasteiger partial charge on any atom is -0.352 e. The maximum Gasteiger partial charge on any atom is 0.263 e. The lowest BCUT2D eigenvalue weighted by Crippen LogP contribution is -2.23. The number of aromatic nitrogens is 1. The number of amides is 1. The molecule has 0 unspecified atom stereocenters. The van der Waals surface area contributed by atoms with Crippen molar-refractivity contribution in [3.8, 4) is 0 Å². The van der Waals surface area contributed by atoms with Crippen molar-refractivity contribution in [1.29, 1.82) is 0 Å². The highest BCUT2D eigenvalue weighted by atomic mass is 32.2. The van der Waals surface area contributed by atoms with E-state index >= 15 is 0 Å². The van der Waals surface area contributed by atoms with Crippen molar-refractivity contribution in [3.05, 3.63) is 77.1 Å². The van der Waals surface area contributed by atoms with Crippen LogP contribution in [0.1, 0.15) is 17.7 Å². The zero-order valence-electron chi connectivity index (χ0n) is 14.8. The Kier molecular flexibility index (Phi) is 6.37. The number of thiazole rings is 1. The summed E-state index contributed by atoms with van der Waals surface area (Å²) in [4.78, 5) is 16.1. The van der Waals surface area contributed by atoms with Gasteiger partial charge in [-0.2, -0.15) is 0 Å². The molecule has 0 aliphatic heterocycles. The number of anilines is 1. The minimum absolute atomic E-state index is 0.0501. The summed E-state index contributed by atoms with van der Waals surface area (Å²) in [5.74, 6) is -0.619. The smallest absolute Gasteiger partial charge is 0.263 e. The summed E-state index contributed by atoms with van der Waals surface area (Å²) in [5.41, 5.74) is 1.64. The molecule has 0 saturated carbocycles. The molecule has 1 amide bonds. The molecule has 3 aromatic rings. The summed E-state index contributed by atoms with van der Waals surface area (Å²) in [6, 6.07) is 14.1. The average molecular weight is 420 g/mol. The summed E-state index contributed by atoms with van der Waals surface area (Å²) >= 11 is 1.13. The van der Waals surface area contributed by atoms with Crippen LogP contribution in [-0.4, -0.2) is 19.3 Å². The number of nitrogens with one attached hydrogen (secondary N) is 2. The summed E-state index contributed by atoms with van der Waals surface area (Å²) in [5, 5.41) is 4.73. The van der Waals surface area contributed by atoms with Gasteiger partial charge in [0.1, 0.15) is 5.82 Å². The Morgan fingerprint density at radius 2 is 1.79 bits per heavy atom. The zero-order chi connectivity index (χ0) is 20.0. The third-order valence-corrected chi connectivity index (χ3v) is 6.13. The van der Waals surface area contributed by atoms with Gasteiger partial charge >= 0.3 is 0 Å². The van der Waals surface area contributed by atoms with Crippen LogP contribution < -0.4 is 10.0 Å². The number of carbonyl (C=O) groups is 1. The van der Waals surface area contributed by atoms with E-state index in [0.717, 1.165) is 29.0 Å². The highest BCUT2D eigenvalue weighted by Gasteiger charge is 2.16. The Balaban J connectivity index is 1.51. The first-order valence-corrected chi connectivity index (χ1v) is 10.8. The minimum atomic E-state index is -3.84. The number of rotatable bonds is 8. The van der Waals surface area contributed by atoms with E-state index in [4.69, 9.17) is 0 Å². The second-order valence-corrected chi connectivity index (χ2v) is 8.51. The van der Waals surface area contributed by atoms with Crippen LogP contribution >= 0.6 is 11.3 Å². The van der Waals surface area contributed by atoms with Crippen molar-refractivity contribution in [2.75, 3.05) is 4.72 Å². The lowest BCUT2D eigenvalue weighted by Gasteiger charge is -2.05. The fourth-order valence-corrected chi connectivity index (χ4v) is 4.38. The van der Waals surface area contributed by atoms with Crippen LogP contribution in [0, 0.1) is 5.82 Å². The van der Waals surface area contributed by atoms with Crippen LogP contribution in [0.25, 0.3) is 0 Å². The molecular weight excluding hydrogens is 401 g/mol. The van der Waals surface area contributed by atoms with E-state index in [-0.39, 0.29) is 22.4 Å². The summed E-state index contributed by atoms with van der Waals surface area (Å²) in [7, 11) is -3.84. The van der Waals surface area contributed by atoms with Gasteiger partial charge in [0.15, 0.2) is 5.13 Å². The van der Waals surface area contributed by atoms with Gasteiger partial charge in [-0.3, -0.25) is 9.52 Å². The van der Waals surface area contributed by atoms with E-state index in [1.54, 1.807) is 5.38 Å². The number of sulfonamides is 1. The highest BCUT2D eigenvalue weighted by Crippen LogP contribution is 2.21. The van der Waals surface area contributed by atoms with Crippen LogP contribution in [0.4, 0.5) is 9.52 Å². The molecule has 3 rings (SSSR count). The van der Waals surface area contributed by atoms with Crippen molar-refractivity contribution in [2.24, 2.45) is 0 Å². The van der Waals surface area contributed by atoms with Gasteiger partial charge in [0.2, 0.25) is 5.91 Å². The summed E-state index contributed by atoms with van der Waals surface area (Å²) < 4.78 is 39.9. The monoisotopic (exact) mass is 419 g/mol. The Bertz CT molecular complexity index is 1040. The van der Waals surface area contributed by atoms with E-state index in [1.165, 1.54) is 12.1 Å². The third kappa shape index (κ3) is 5.61. The van der Waals surface area contributed by atoms with Crippen LogP contribution in [0.5, 0.6) is 0 Å². The van der Waals surface area contributed by atoms with Crippen LogP contribution in [0.15, 0.2) is 64.9 Å². The van der Waals surface area contributed by atoms with E-state index in [1.807, 2.05) is 30.3 Å². The van der Waals surface area contributed by atoms with Gasteiger partial charge in [0.05, 0.1) is 10.6 Å². The highest BCUT2D eigenvalue weighted by molar-refractivity contribution is 7.93. The van der Waals surface area contributed by atoms with Gasteiger partial charge in [-0.05, 0) is 36.2 Å². The molecule has 146 valence electrons. The second kappa shape index (κ2) is 8.94. The number of halogens is 1. The lowest BCUT2D eigenvalue weighted by molar-refractivity contribution is -0.121. The molecule has 2 aromatic carbocycles. The van der Waals surface area contributed by atoms with Crippen LogP contribution in [-0.2, 0) is 27.8 Å². The van der Waals surface area contributed by atoms with E-state index < -0.39 is 15.8 Å². The zero-order valence-corrected chi connectivity index (χ0v) is 16.4. The van der Waals surface area contributed by atoms with Crippen LogP contribution in [0.2, 0.25) is 0 Å². The predicted octanol–water partition coefficient (Wildman–Crippen LogP) is 3.33. The topological polar surface area (TPSA) is 88.2 Å². The largest absolute Gasteiger partial charge is 0.352 e. The molecule has 0 atom stereocenters. The number of hydrogen-bond donors (Lipinski definition) is 2. The molecule has 6 nitrogen and oxygen atoms in total. The van der Waals surface area contributed by atoms with Gasteiger partial charge < -0.3 is 5.32 Å². The molecular formula is C19H18FN3O3S2. The normalized spacial score (nSPS) is 11.2. The summed E-state index contributed by atoms with van der Waals surface area (Å²) in [6.45, 7) is 0.458. The molecule has 1 aromatic heterocycles. The standard InChI is InChI=1S/C19H18FN3O3S2/c20-15-6-9-17(10-7-15)28(25,26)23-19-22-16(13-27-19)8-11-18(24)21-12-14-4-2-1-3-5-14/h1-7,9-10,13H,8,11-12H2,(H,21,24)(H,22,23). The summed E-state index contributed by atoms with van der Waals surface area (Å²) in [6.07, 6.45) is 0.649. The molecule has 2 N–H and O–H groups in total. The molecule has 1 heterocycles. The fourth-order valence-electron chi connectivity index (χ4n) is 2.38. The molecule has 0 bridgehead atoms. The molecule has 9 heteroatoms. The number of nitrogens with zero attached hydrogens (tertiary/aromatic N) is 1. The fraction of sp³-hybridized carbons (Fsp3) is 0.158. The number of carbonyl (C=O) groups excluding carboxylic acids is 1. The molecule has 0 aliphatic carbocycles. The van der Waals surface area contributed by atoms with Crippen molar-refractivity contribution in [2.45, 2.75) is 24.3 Å². The Morgan fingerprint density at radius 3 is 2.50 bits per heavy atom. The average Bonchev–Trinajstić information content (AvgIpc) is 3.12. The van der Waals surface area contributed by atoms with Crippen molar-refractivity contribution >= 4 is 32.4 Å². The van der Waals surface area contributed by atoms with Gasteiger partial charge in [-0.1, -0.05) is 30.3 Å². The Hall–Kier alpha value is -2.78. The first-order chi connectivity index (χ1) is 13.4. The SMILES string of the molecule is O=C(CCc1csc(NS(=O)(=O)c2ccc(F)cc2)n1)NCc1ccccc1. The van der Waals surface area contributed by atoms with E-state index in [0.29, 0.717) is 18.7 Å². The van der Waals surface area contributed by atoms with E-state index in [9.17, 15) is 17.6 Å². The molecule has 0 radical (unpaired) electrons. The molecule has 28 heavy (non-hydrogen) atoms. The van der Waals surface area contributed by atoms with Crippen molar-refractivity contribution in [1.82, 2.24) is 10.3 Å². The number of aryl methyl sites for hydroxylation is 1. The van der Waals surface area contributed by atoms with E-state index in [2.05, 4.69) is 15.0 Å². The Morgan fingerprint density at radius 1 is 1.07 bits per heavy atom. The maximum atomic E-state index is 12.9. The van der Waals surface area contributed by atoms with Gasteiger partial charge in [-0.15, -0.1) is 11.3 Å². The number of hydrogen-bond acceptors (Lipinski definition) is 5. The number of benzene rings is 2. The first-order valence-electron chi connectivity index (χ1n) is 8.46. The maximum absolute atomic E-state index is 12.9. The third-order valence-electron chi connectivity index (χ3n) is 3.84. The second-order valence-electron chi connectivity index (χ2n) is 5.97. The quantitative estimate of drug-likeness (QED) is 0.586. The molecule has 0 fully saturated rings. The molecule has 0 saturated heterocycles. The molecule has 0 aliphatic rings. The van der Waals surface area contributed by atoms with Gasteiger partial charge in [0, 0.05) is 18.3 Å². The van der Waals surface area contributed by atoms with Crippen LogP contribution in [0.3, 0.4) is 0 Å². The van der Waals surface area contributed by atoms with Crippen molar-refractivity contribution in [3.63, 3.8) is 0 Å². The van der Waals surface area contributed by atoms with Crippen molar-refractivity contribution < 1.29 is 17.6 Å². The van der Waals surface area contributed by atoms with Gasteiger partial charge in [-0.25, -0.2) is 17.8 Å². The first kappa shape index (κ1) is 20.0. The lowest BCUT2D eigenvalue weighted by atomic mass is 10.2. The predicted molar refractivity (Wildman–Crippen MR) is 106 cm³/mol. The van der Waals surface area contributed by atoms with Gasteiger partial charge in [0.25, 0.3) is 10.0 Å². The molecule has 0 spiro atoms.